The molecule has 0 aliphatic carbocycles. The topological polar surface area (TPSA) is 75.7 Å². The molecule has 0 saturated carbocycles. The second-order valence-electron chi connectivity index (χ2n) is 9.50. The van der Waals surface area contributed by atoms with Gasteiger partial charge >= 0.3 is 0 Å². The van der Waals surface area contributed by atoms with E-state index in [2.05, 4.69) is 107 Å². The summed E-state index contributed by atoms with van der Waals surface area (Å²) < 4.78 is 43.1. The fraction of sp³-hybridized carbons (Fsp3) is 0.273. The van der Waals surface area contributed by atoms with E-state index in [0.717, 1.165) is 29.9 Å². The number of benzene rings is 4. The third-order valence-electron chi connectivity index (χ3n) is 6.23. The van der Waals surface area contributed by atoms with Gasteiger partial charge in [0.15, 0.2) is 14.7 Å². The van der Waals surface area contributed by atoms with Crippen LogP contribution in [0.3, 0.4) is 0 Å². The molecule has 0 saturated heterocycles. The van der Waals surface area contributed by atoms with Crippen molar-refractivity contribution in [1.29, 1.82) is 0 Å². The van der Waals surface area contributed by atoms with Crippen molar-refractivity contribution in [3.63, 3.8) is 0 Å². The molecule has 0 heterocycles. The van der Waals surface area contributed by atoms with Gasteiger partial charge in [-0.05, 0) is 106 Å². The van der Waals surface area contributed by atoms with Crippen molar-refractivity contribution in [1.82, 2.24) is 0 Å². The summed E-state index contributed by atoms with van der Waals surface area (Å²) >= 11 is 0. The Morgan fingerprint density at radius 2 is 1.05 bits per heavy atom. The zero-order chi connectivity index (χ0) is 29.1. The van der Waals surface area contributed by atoms with Crippen LogP contribution in [0.5, 0.6) is 11.5 Å². The molecule has 0 N–H and O–H groups in total. The van der Waals surface area contributed by atoms with Crippen molar-refractivity contribution in [3.8, 4) is 11.5 Å². The first-order valence-corrected chi connectivity index (χ1v) is 16.1. The van der Waals surface area contributed by atoms with Crippen molar-refractivity contribution >= 4 is 21.0 Å². The van der Waals surface area contributed by atoms with Gasteiger partial charge in [0.25, 0.3) is 0 Å². The minimum Gasteiger partial charge on any atom is -0.744 e. The van der Waals surface area contributed by atoms with Crippen LogP contribution in [0.25, 0.3) is 0 Å². The van der Waals surface area contributed by atoms with E-state index in [4.69, 9.17) is 9.47 Å². The molecule has 4 aromatic carbocycles. The van der Waals surface area contributed by atoms with E-state index in [9.17, 15) is 13.0 Å². The molecule has 4 rings (SSSR count). The summed E-state index contributed by atoms with van der Waals surface area (Å²) in [6, 6.07) is 33.6. The van der Waals surface area contributed by atoms with Gasteiger partial charge in [-0.3, -0.25) is 0 Å². The first-order chi connectivity index (χ1) is 19.1. The van der Waals surface area contributed by atoms with Gasteiger partial charge in [0.05, 0.1) is 28.0 Å². The molecule has 5 nitrogen and oxygen atoms in total. The molecule has 0 radical (unpaired) electrons. The Kier molecular flexibility index (Phi) is 11.7. The number of hydrogen-bond donors (Lipinski definition) is 0. The molecule has 0 aromatic heterocycles. The number of rotatable bonds is 10. The van der Waals surface area contributed by atoms with E-state index < -0.39 is 10.1 Å². The summed E-state index contributed by atoms with van der Waals surface area (Å²) in [6.45, 7) is 10.3. The normalized spacial score (nSPS) is 13.3. The Hall–Kier alpha value is -3.26. The molecular formula is C33H38O5S2. The maximum Gasteiger partial charge on any atom is 0.166 e. The summed E-state index contributed by atoms with van der Waals surface area (Å²) in [7, 11) is -4.44. The lowest BCUT2D eigenvalue weighted by Crippen LogP contribution is -2.10. The lowest BCUT2D eigenvalue weighted by molar-refractivity contribution is 0.217. The van der Waals surface area contributed by atoms with Crippen LogP contribution in [-0.2, 0) is 21.0 Å². The van der Waals surface area contributed by atoms with Crippen LogP contribution in [0.1, 0.15) is 46.1 Å². The van der Waals surface area contributed by atoms with E-state index in [0.29, 0.717) is 0 Å². The largest absolute Gasteiger partial charge is 0.744 e. The molecule has 0 amide bonds. The Balaban J connectivity index is 0.000000336. The van der Waals surface area contributed by atoms with E-state index in [1.165, 1.54) is 26.8 Å². The second-order valence-corrected chi connectivity index (χ2v) is 12.9. The van der Waals surface area contributed by atoms with Crippen LogP contribution >= 0.6 is 0 Å². The van der Waals surface area contributed by atoms with E-state index >= 15 is 0 Å². The van der Waals surface area contributed by atoms with Gasteiger partial charge in [-0.15, -0.1) is 0 Å². The van der Waals surface area contributed by atoms with Crippen LogP contribution in [0.2, 0.25) is 0 Å². The smallest absolute Gasteiger partial charge is 0.166 e. The van der Waals surface area contributed by atoms with Crippen molar-refractivity contribution in [2.45, 2.75) is 79.3 Å². The Labute approximate surface area is 242 Å². The van der Waals surface area contributed by atoms with Crippen LogP contribution in [0, 0.1) is 6.92 Å². The van der Waals surface area contributed by atoms with Crippen molar-refractivity contribution in [2.24, 2.45) is 0 Å². The standard InChI is InChI=1S/C26H31O2S.C7H8O3S/c1-5-20(3)27-22-12-16-25(17-13-22)29(24-10-8-7-9-11-24)26-18-14-23(15-19-26)28-21(4)6-2;1-6-2-4-7(5-3-6)11(8,9)10/h7-21H,5-6H2,1-4H3;2-5H,1H3,(H,8,9,10)/q+1;/p-1. The van der Waals surface area contributed by atoms with Gasteiger partial charge in [-0.25, -0.2) is 8.42 Å². The maximum absolute atomic E-state index is 10.4. The summed E-state index contributed by atoms with van der Waals surface area (Å²) in [4.78, 5) is 3.69. The summed E-state index contributed by atoms with van der Waals surface area (Å²) in [5.41, 5.74) is 0.928. The summed E-state index contributed by atoms with van der Waals surface area (Å²) in [5.74, 6) is 1.86. The number of ether oxygens (including phenoxy) is 2. The fourth-order valence-corrected chi connectivity index (χ4v) is 6.14. The van der Waals surface area contributed by atoms with Gasteiger partial charge in [0.1, 0.15) is 21.6 Å². The van der Waals surface area contributed by atoms with Gasteiger partial charge in [0, 0.05) is 0 Å². The zero-order valence-corrected chi connectivity index (χ0v) is 25.4. The Bertz CT molecular complexity index is 1350. The molecule has 212 valence electrons. The predicted octanol–water partition coefficient (Wildman–Crippen LogP) is 8.04. The highest BCUT2D eigenvalue weighted by molar-refractivity contribution is 7.97. The third kappa shape index (κ3) is 9.44. The van der Waals surface area contributed by atoms with Gasteiger partial charge in [-0.1, -0.05) is 49.7 Å². The Morgan fingerprint density at radius 1 is 0.650 bits per heavy atom. The molecule has 2 atom stereocenters. The molecule has 2 unspecified atom stereocenters. The highest BCUT2D eigenvalue weighted by Gasteiger charge is 2.28. The molecule has 0 bridgehead atoms. The molecule has 0 spiro atoms. The highest BCUT2D eigenvalue weighted by atomic mass is 32.2. The molecule has 0 fully saturated rings. The maximum atomic E-state index is 10.4. The number of aryl methyl sites for hydroxylation is 1. The van der Waals surface area contributed by atoms with Gasteiger partial charge in [-0.2, -0.15) is 0 Å². The summed E-state index contributed by atoms with van der Waals surface area (Å²) in [6.07, 6.45) is 2.46. The molecule has 40 heavy (non-hydrogen) atoms. The van der Waals surface area contributed by atoms with E-state index in [1.54, 1.807) is 12.1 Å². The minimum absolute atomic E-state index is 0.171. The first-order valence-electron chi connectivity index (χ1n) is 13.5. The molecule has 4 aromatic rings. The van der Waals surface area contributed by atoms with Crippen LogP contribution in [0.15, 0.2) is 123 Å². The van der Waals surface area contributed by atoms with Crippen LogP contribution < -0.4 is 9.47 Å². The lowest BCUT2D eigenvalue weighted by atomic mass is 10.2. The third-order valence-corrected chi connectivity index (χ3v) is 9.31. The van der Waals surface area contributed by atoms with Crippen molar-refractivity contribution in [2.75, 3.05) is 0 Å². The molecule has 0 aliphatic heterocycles. The first kappa shape index (κ1) is 31.3. The van der Waals surface area contributed by atoms with E-state index in [1.807, 2.05) is 6.92 Å². The summed E-state index contributed by atoms with van der Waals surface area (Å²) in [5, 5.41) is 0. The van der Waals surface area contributed by atoms with Gasteiger partial charge in [0.2, 0.25) is 0 Å². The SMILES string of the molecule is CCC(C)Oc1ccc([S+](c2ccccc2)c2ccc(OC(C)CC)cc2)cc1.Cc1ccc(S(=O)(=O)[O-])cc1. The Morgan fingerprint density at radius 3 is 1.43 bits per heavy atom. The monoisotopic (exact) mass is 578 g/mol. The van der Waals surface area contributed by atoms with Crippen molar-refractivity contribution < 1.29 is 22.4 Å². The predicted molar refractivity (Wildman–Crippen MR) is 161 cm³/mol. The van der Waals surface area contributed by atoms with Crippen LogP contribution in [-0.4, -0.2) is 25.2 Å². The molecular weight excluding hydrogens is 540 g/mol. The average molecular weight is 579 g/mol. The quantitative estimate of drug-likeness (QED) is 0.141. The molecule has 7 heteroatoms. The number of hydrogen-bond acceptors (Lipinski definition) is 5. The highest BCUT2D eigenvalue weighted by Crippen LogP contribution is 2.33. The minimum atomic E-state index is -4.27. The lowest BCUT2D eigenvalue weighted by Gasteiger charge is -2.14. The van der Waals surface area contributed by atoms with Crippen LogP contribution in [0.4, 0.5) is 0 Å². The zero-order valence-electron chi connectivity index (χ0n) is 23.7. The second kappa shape index (κ2) is 14.9. The molecule has 0 aliphatic rings. The van der Waals surface area contributed by atoms with Crippen molar-refractivity contribution in [3.05, 3.63) is 109 Å². The van der Waals surface area contributed by atoms with Gasteiger partial charge < -0.3 is 14.0 Å². The van der Waals surface area contributed by atoms with E-state index in [-0.39, 0.29) is 28.0 Å². The average Bonchev–Trinajstić information content (AvgIpc) is 2.95. The fourth-order valence-electron chi connectivity index (χ4n) is 3.61.